The Balaban J connectivity index is 2.44. The van der Waals surface area contributed by atoms with Gasteiger partial charge in [-0.1, -0.05) is 0 Å². The molecule has 0 amide bonds. The predicted octanol–water partition coefficient (Wildman–Crippen LogP) is 1.21. The molecule has 0 aromatic carbocycles. The average Bonchev–Trinajstić information content (AvgIpc) is 2.32. The van der Waals surface area contributed by atoms with E-state index in [2.05, 4.69) is 9.88 Å². The van der Waals surface area contributed by atoms with E-state index in [0.29, 0.717) is 5.69 Å². The Labute approximate surface area is 94.8 Å². The molecule has 0 spiro atoms. The standard InChI is InChI=1S/C11H18N4O/c1-8-9(2)15(16)11(12)13-10(8)14-6-4-3-5-7-14/h12,16H,3-7H2,1-2H3. The molecule has 2 rings (SSSR count). The largest absolute Gasteiger partial charge is 0.425 e. The minimum absolute atomic E-state index is 0.0938. The highest BCUT2D eigenvalue weighted by molar-refractivity contribution is 5.47. The molecular weight excluding hydrogens is 204 g/mol. The molecule has 1 aromatic rings. The monoisotopic (exact) mass is 222 g/mol. The van der Waals surface area contributed by atoms with Crippen LogP contribution in [0, 0.1) is 19.3 Å². The second-order valence-electron chi connectivity index (χ2n) is 4.33. The van der Waals surface area contributed by atoms with Gasteiger partial charge >= 0.3 is 0 Å². The van der Waals surface area contributed by atoms with Crippen LogP contribution in [0.25, 0.3) is 0 Å². The van der Waals surface area contributed by atoms with E-state index in [1.807, 2.05) is 13.8 Å². The van der Waals surface area contributed by atoms with Crippen molar-refractivity contribution in [3.8, 4) is 0 Å². The molecule has 5 nitrogen and oxygen atoms in total. The fourth-order valence-electron chi connectivity index (χ4n) is 2.12. The molecule has 5 heteroatoms. The Morgan fingerprint density at radius 3 is 2.44 bits per heavy atom. The number of piperidine rings is 1. The number of hydrogen-bond donors (Lipinski definition) is 2. The molecule has 1 fully saturated rings. The molecule has 0 bridgehead atoms. The lowest BCUT2D eigenvalue weighted by Crippen LogP contribution is -2.35. The van der Waals surface area contributed by atoms with Gasteiger partial charge in [-0.25, -0.2) is 0 Å². The van der Waals surface area contributed by atoms with Crippen molar-refractivity contribution >= 4 is 5.82 Å². The van der Waals surface area contributed by atoms with Crippen molar-refractivity contribution in [1.29, 1.82) is 5.41 Å². The van der Waals surface area contributed by atoms with Crippen molar-refractivity contribution in [1.82, 2.24) is 9.71 Å². The summed E-state index contributed by atoms with van der Waals surface area (Å²) in [6.07, 6.45) is 3.64. The first-order chi connectivity index (χ1) is 7.61. The lowest BCUT2D eigenvalue weighted by Gasteiger charge is -2.29. The molecule has 1 aliphatic heterocycles. The van der Waals surface area contributed by atoms with E-state index in [9.17, 15) is 5.21 Å². The summed E-state index contributed by atoms with van der Waals surface area (Å²) in [6, 6.07) is 0. The Morgan fingerprint density at radius 2 is 1.81 bits per heavy atom. The van der Waals surface area contributed by atoms with Gasteiger partial charge in [0.25, 0.3) is 5.62 Å². The van der Waals surface area contributed by atoms with Gasteiger partial charge in [0.1, 0.15) is 5.82 Å². The average molecular weight is 222 g/mol. The van der Waals surface area contributed by atoms with Gasteiger partial charge in [0.05, 0.1) is 5.69 Å². The fraction of sp³-hybridized carbons (Fsp3) is 0.636. The van der Waals surface area contributed by atoms with Gasteiger partial charge in [0.2, 0.25) is 0 Å². The van der Waals surface area contributed by atoms with Crippen LogP contribution in [-0.2, 0) is 0 Å². The molecule has 16 heavy (non-hydrogen) atoms. The maximum Gasteiger partial charge on any atom is 0.257 e. The van der Waals surface area contributed by atoms with Crippen molar-refractivity contribution in [3.05, 3.63) is 16.9 Å². The summed E-state index contributed by atoms with van der Waals surface area (Å²) in [5.41, 5.74) is 1.56. The zero-order chi connectivity index (χ0) is 11.7. The van der Waals surface area contributed by atoms with Crippen LogP contribution < -0.4 is 10.5 Å². The molecular formula is C11H18N4O. The summed E-state index contributed by atoms with van der Waals surface area (Å²) in [6.45, 7) is 5.76. The summed E-state index contributed by atoms with van der Waals surface area (Å²) in [7, 11) is 0. The van der Waals surface area contributed by atoms with Gasteiger partial charge in [-0.2, -0.15) is 9.71 Å². The summed E-state index contributed by atoms with van der Waals surface area (Å²) >= 11 is 0. The zero-order valence-corrected chi connectivity index (χ0v) is 9.82. The molecule has 1 aromatic heterocycles. The van der Waals surface area contributed by atoms with E-state index in [4.69, 9.17) is 5.41 Å². The molecule has 0 saturated carbocycles. The third kappa shape index (κ3) is 1.77. The first kappa shape index (κ1) is 11.0. The topological polar surface area (TPSA) is 65.1 Å². The molecule has 0 radical (unpaired) electrons. The second kappa shape index (κ2) is 4.15. The van der Waals surface area contributed by atoms with Gasteiger partial charge in [-0.15, -0.1) is 0 Å². The Bertz CT molecular complexity index is 446. The van der Waals surface area contributed by atoms with E-state index in [-0.39, 0.29) is 5.62 Å². The minimum atomic E-state index is -0.0938. The zero-order valence-electron chi connectivity index (χ0n) is 9.82. The summed E-state index contributed by atoms with van der Waals surface area (Å²) in [4.78, 5) is 6.37. The van der Waals surface area contributed by atoms with Crippen LogP contribution in [0.3, 0.4) is 0 Å². The SMILES string of the molecule is Cc1c(N2CCCCC2)nc(=N)n(O)c1C. The Hall–Kier alpha value is -1.52. The highest BCUT2D eigenvalue weighted by atomic mass is 16.5. The number of anilines is 1. The number of aromatic nitrogens is 2. The van der Waals surface area contributed by atoms with Crippen molar-refractivity contribution in [3.63, 3.8) is 0 Å². The molecule has 88 valence electrons. The van der Waals surface area contributed by atoms with Crippen LogP contribution in [0.1, 0.15) is 30.5 Å². The fourth-order valence-corrected chi connectivity index (χ4v) is 2.12. The van der Waals surface area contributed by atoms with E-state index in [1.165, 1.54) is 19.3 Å². The minimum Gasteiger partial charge on any atom is -0.425 e. The predicted molar refractivity (Wildman–Crippen MR) is 60.8 cm³/mol. The number of nitrogens with zero attached hydrogens (tertiary/aromatic N) is 3. The second-order valence-corrected chi connectivity index (χ2v) is 4.33. The van der Waals surface area contributed by atoms with Crippen LogP contribution in [-0.4, -0.2) is 28.0 Å². The van der Waals surface area contributed by atoms with E-state index < -0.39 is 0 Å². The maximum atomic E-state index is 9.56. The van der Waals surface area contributed by atoms with Crippen LogP contribution in [0.4, 0.5) is 5.82 Å². The molecule has 1 saturated heterocycles. The van der Waals surface area contributed by atoms with Gasteiger partial charge in [0.15, 0.2) is 0 Å². The highest BCUT2D eigenvalue weighted by Gasteiger charge is 2.17. The molecule has 2 N–H and O–H groups in total. The summed E-state index contributed by atoms with van der Waals surface area (Å²) in [5.74, 6) is 0.854. The Kier molecular flexibility index (Phi) is 2.85. The molecule has 1 aliphatic rings. The summed E-state index contributed by atoms with van der Waals surface area (Å²) in [5, 5.41) is 17.1. The number of rotatable bonds is 1. The van der Waals surface area contributed by atoms with Crippen LogP contribution in [0.5, 0.6) is 0 Å². The van der Waals surface area contributed by atoms with Gasteiger partial charge < -0.3 is 10.1 Å². The third-order valence-corrected chi connectivity index (χ3v) is 3.26. The van der Waals surface area contributed by atoms with Crippen LogP contribution in [0.2, 0.25) is 0 Å². The Morgan fingerprint density at radius 1 is 1.19 bits per heavy atom. The molecule has 0 aliphatic carbocycles. The van der Waals surface area contributed by atoms with Crippen LogP contribution >= 0.6 is 0 Å². The number of hydrogen-bond acceptors (Lipinski definition) is 4. The normalized spacial score (nSPS) is 16.5. The van der Waals surface area contributed by atoms with Gasteiger partial charge in [0, 0.05) is 18.7 Å². The van der Waals surface area contributed by atoms with Crippen LogP contribution in [0.15, 0.2) is 0 Å². The smallest absolute Gasteiger partial charge is 0.257 e. The van der Waals surface area contributed by atoms with E-state index >= 15 is 0 Å². The van der Waals surface area contributed by atoms with Crippen molar-refractivity contribution in [2.45, 2.75) is 33.1 Å². The van der Waals surface area contributed by atoms with Gasteiger partial charge in [-0.05, 0) is 33.1 Å². The van der Waals surface area contributed by atoms with Crippen molar-refractivity contribution < 1.29 is 5.21 Å². The van der Waals surface area contributed by atoms with Crippen molar-refractivity contribution in [2.24, 2.45) is 0 Å². The van der Waals surface area contributed by atoms with Gasteiger partial charge in [-0.3, -0.25) is 5.41 Å². The maximum absolute atomic E-state index is 9.56. The third-order valence-electron chi connectivity index (χ3n) is 3.26. The quantitative estimate of drug-likeness (QED) is 0.702. The summed E-state index contributed by atoms with van der Waals surface area (Å²) < 4.78 is 0.836. The number of nitrogens with one attached hydrogen (secondary N) is 1. The lowest BCUT2D eigenvalue weighted by molar-refractivity contribution is 0.157. The van der Waals surface area contributed by atoms with E-state index in [1.54, 1.807) is 0 Å². The highest BCUT2D eigenvalue weighted by Crippen LogP contribution is 2.21. The van der Waals surface area contributed by atoms with Crippen molar-refractivity contribution in [2.75, 3.05) is 18.0 Å². The molecule has 0 unspecified atom stereocenters. The molecule has 0 atom stereocenters. The van der Waals surface area contributed by atoms with E-state index in [0.717, 1.165) is 29.2 Å². The molecule has 2 heterocycles. The first-order valence-electron chi connectivity index (χ1n) is 5.70. The first-order valence-corrected chi connectivity index (χ1v) is 5.70. The lowest BCUT2D eigenvalue weighted by atomic mass is 10.1.